The maximum atomic E-state index is 11.2. The first-order chi connectivity index (χ1) is 10.2. The summed E-state index contributed by atoms with van der Waals surface area (Å²) in [6.07, 6.45) is -6.32. The van der Waals surface area contributed by atoms with Crippen molar-refractivity contribution < 1.29 is 39.5 Å². The molecule has 1 rings (SSSR count). The molecule has 1 amide bonds. The van der Waals surface area contributed by atoms with Crippen molar-refractivity contribution in [3.63, 3.8) is 0 Å². The summed E-state index contributed by atoms with van der Waals surface area (Å²) in [4.78, 5) is 22.0. The van der Waals surface area contributed by atoms with Crippen LogP contribution in [0.2, 0.25) is 0 Å². The number of aliphatic carboxylic acids is 1. The topological polar surface area (TPSA) is 172 Å². The summed E-state index contributed by atoms with van der Waals surface area (Å²) in [5.41, 5.74) is 5.42. The largest absolute Gasteiger partial charge is 0.480 e. The van der Waals surface area contributed by atoms with Crippen LogP contribution >= 0.6 is 0 Å². The van der Waals surface area contributed by atoms with E-state index in [2.05, 4.69) is 5.32 Å². The molecule has 0 saturated carbocycles. The summed E-state index contributed by atoms with van der Waals surface area (Å²) < 4.78 is 10.6. The molecule has 0 bridgehead atoms. The molecular weight excluding hydrogens is 300 g/mol. The fourth-order valence-electron chi connectivity index (χ4n) is 2.08. The number of aliphatic hydroxyl groups is 3. The highest BCUT2D eigenvalue weighted by molar-refractivity contribution is 5.74. The lowest BCUT2D eigenvalue weighted by atomic mass is 9.97. The van der Waals surface area contributed by atoms with E-state index in [1.807, 2.05) is 0 Å². The van der Waals surface area contributed by atoms with Crippen LogP contribution in [0.4, 0.5) is 0 Å². The zero-order chi connectivity index (χ0) is 17.0. The number of carbonyl (C=O) groups is 2. The number of ether oxygens (including phenoxy) is 2. The van der Waals surface area contributed by atoms with Gasteiger partial charge in [0, 0.05) is 6.92 Å². The lowest BCUT2D eigenvalue weighted by Gasteiger charge is -2.43. The molecule has 1 aliphatic heterocycles. The second-order valence-electron chi connectivity index (χ2n) is 5.14. The SMILES string of the molecule is CC(=O)N[C@H]1C(OC(C)C(N)C(=O)O)O[C@H](CO)[C@H](O)[C@@H]1O. The minimum atomic E-state index is -1.46. The number of nitrogens with two attached hydrogens (primary N) is 1. The number of rotatable bonds is 6. The van der Waals surface area contributed by atoms with Gasteiger partial charge in [0.1, 0.15) is 30.4 Å². The van der Waals surface area contributed by atoms with Gasteiger partial charge in [0.2, 0.25) is 5.91 Å². The third kappa shape index (κ3) is 4.35. The van der Waals surface area contributed by atoms with E-state index in [-0.39, 0.29) is 0 Å². The molecule has 7 N–H and O–H groups in total. The molecule has 0 aliphatic carbocycles. The first kappa shape index (κ1) is 18.7. The highest BCUT2D eigenvalue weighted by atomic mass is 16.7. The first-order valence-corrected chi connectivity index (χ1v) is 6.72. The Labute approximate surface area is 126 Å². The standard InChI is InChI=1S/C12H22N2O8/c1-4(7(13)11(19)20)21-12-8(14-5(2)16)10(18)9(17)6(3-15)22-12/h4,6-10,12,15,17-18H,3,13H2,1-2H3,(H,14,16)(H,19,20)/t4?,6-,7?,8-,9+,10-,12?/m1/s1. The molecule has 0 aromatic heterocycles. The van der Waals surface area contributed by atoms with Gasteiger partial charge in [-0.15, -0.1) is 0 Å². The van der Waals surface area contributed by atoms with Gasteiger partial charge in [-0.2, -0.15) is 0 Å². The summed E-state index contributed by atoms with van der Waals surface area (Å²) in [6.45, 7) is 1.99. The van der Waals surface area contributed by atoms with Crippen molar-refractivity contribution in [3.8, 4) is 0 Å². The highest BCUT2D eigenvalue weighted by Crippen LogP contribution is 2.23. The Balaban J connectivity index is 2.89. The average molecular weight is 322 g/mol. The monoisotopic (exact) mass is 322 g/mol. The Morgan fingerprint density at radius 1 is 1.36 bits per heavy atom. The van der Waals surface area contributed by atoms with Gasteiger partial charge in [-0.25, -0.2) is 0 Å². The zero-order valence-corrected chi connectivity index (χ0v) is 12.2. The Hall–Kier alpha value is -1.30. The number of carboxylic acids is 1. The molecular formula is C12H22N2O8. The van der Waals surface area contributed by atoms with Crippen LogP contribution in [-0.2, 0) is 19.1 Å². The summed E-state index contributed by atoms with van der Waals surface area (Å²) in [5.74, 6) is -1.80. The van der Waals surface area contributed by atoms with Crippen LogP contribution in [0, 0.1) is 0 Å². The molecule has 0 radical (unpaired) electrons. The van der Waals surface area contributed by atoms with Crippen LogP contribution in [0.5, 0.6) is 0 Å². The van der Waals surface area contributed by atoms with E-state index in [1.165, 1.54) is 13.8 Å². The summed E-state index contributed by atoms with van der Waals surface area (Å²) in [5, 5.41) is 40.2. The van der Waals surface area contributed by atoms with Crippen LogP contribution in [0.1, 0.15) is 13.8 Å². The number of amides is 1. The van der Waals surface area contributed by atoms with Crippen LogP contribution in [0.25, 0.3) is 0 Å². The molecule has 0 aromatic carbocycles. The van der Waals surface area contributed by atoms with Crippen LogP contribution < -0.4 is 11.1 Å². The van der Waals surface area contributed by atoms with E-state index in [9.17, 15) is 19.8 Å². The van der Waals surface area contributed by atoms with Crippen molar-refractivity contribution in [2.45, 2.75) is 56.6 Å². The van der Waals surface area contributed by atoms with Gasteiger partial charge >= 0.3 is 5.97 Å². The van der Waals surface area contributed by atoms with E-state index in [0.717, 1.165) is 0 Å². The summed E-state index contributed by atoms with van der Waals surface area (Å²) >= 11 is 0. The third-order valence-corrected chi connectivity index (χ3v) is 3.39. The number of aliphatic hydroxyl groups excluding tert-OH is 3. The smallest absolute Gasteiger partial charge is 0.323 e. The van der Waals surface area contributed by atoms with Crippen LogP contribution in [-0.4, -0.2) is 81.7 Å². The van der Waals surface area contributed by atoms with E-state index >= 15 is 0 Å². The summed E-state index contributed by atoms with van der Waals surface area (Å²) in [7, 11) is 0. The second-order valence-corrected chi connectivity index (χ2v) is 5.14. The predicted molar refractivity (Wildman–Crippen MR) is 71.5 cm³/mol. The van der Waals surface area contributed by atoms with E-state index in [0.29, 0.717) is 0 Å². The molecule has 10 heteroatoms. The second kappa shape index (κ2) is 7.81. The lowest BCUT2D eigenvalue weighted by Crippen LogP contribution is -2.65. The van der Waals surface area contributed by atoms with Crippen molar-refractivity contribution >= 4 is 11.9 Å². The Bertz CT molecular complexity index is 407. The van der Waals surface area contributed by atoms with Crippen molar-refractivity contribution in [1.29, 1.82) is 0 Å². The summed E-state index contributed by atoms with van der Waals surface area (Å²) in [6, 6.07) is -2.49. The fraction of sp³-hybridized carbons (Fsp3) is 0.833. The van der Waals surface area contributed by atoms with Gasteiger partial charge in [-0.05, 0) is 6.92 Å². The van der Waals surface area contributed by atoms with E-state index < -0.39 is 61.3 Å². The third-order valence-electron chi connectivity index (χ3n) is 3.39. The first-order valence-electron chi connectivity index (χ1n) is 6.72. The normalized spacial score (nSPS) is 34.7. The Kier molecular flexibility index (Phi) is 6.66. The van der Waals surface area contributed by atoms with E-state index in [1.54, 1.807) is 0 Å². The van der Waals surface area contributed by atoms with Crippen molar-refractivity contribution in [2.24, 2.45) is 5.73 Å². The zero-order valence-electron chi connectivity index (χ0n) is 12.2. The molecule has 7 atom stereocenters. The quantitative estimate of drug-likeness (QED) is 0.293. The average Bonchev–Trinajstić information content (AvgIpc) is 2.45. The van der Waals surface area contributed by atoms with Crippen LogP contribution in [0.3, 0.4) is 0 Å². The molecule has 1 heterocycles. The van der Waals surface area contributed by atoms with Gasteiger partial charge in [-0.1, -0.05) is 0 Å². The minimum Gasteiger partial charge on any atom is -0.480 e. The number of hydrogen-bond donors (Lipinski definition) is 6. The maximum absolute atomic E-state index is 11.2. The molecule has 0 aromatic rings. The Morgan fingerprint density at radius 3 is 2.41 bits per heavy atom. The van der Waals surface area contributed by atoms with Crippen molar-refractivity contribution in [2.75, 3.05) is 6.61 Å². The van der Waals surface area contributed by atoms with Crippen LogP contribution in [0.15, 0.2) is 0 Å². The van der Waals surface area contributed by atoms with Gasteiger partial charge in [0.05, 0.1) is 12.7 Å². The number of hydrogen-bond acceptors (Lipinski definition) is 8. The number of carboxylic acid groups (broad SMARTS) is 1. The highest BCUT2D eigenvalue weighted by Gasteiger charge is 2.46. The molecule has 1 saturated heterocycles. The van der Waals surface area contributed by atoms with Gasteiger partial charge < -0.3 is 41.0 Å². The van der Waals surface area contributed by atoms with Crippen molar-refractivity contribution in [1.82, 2.24) is 5.32 Å². The minimum absolute atomic E-state index is 0.508. The number of nitrogens with one attached hydrogen (secondary N) is 1. The molecule has 0 spiro atoms. The maximum Gasteiger partial charge on any atom is 0.323 e. The Morgan fingerprint density at radius 2 is 1.95 bits per heavy atom. The number of carbonyl (C=O) groups excluding carboxylic acids is 1. The molecule has 128 valence electrons. The predicted octanol–water partition coefficient (Wildman–Crippen LogP) is -3.25. The fourth-order valence-corrected chi connectivity index (χ4v) is 2.08. The molecule has 1 aliphatic rings. The van der Waals surface area contributed by atoms with Gasteiger partial charge in [0.15, 0.2) is 6.29 Å². The van der Waals surface area contributed by atoms with Crippen molar-refractivity contribution in [3.05, 3.63) is 0 Å². The molecule has 22 heavy (non-hydrogen) atoms. The van der Waals surface area contributed by atoms with E-state index in [4.69, 9.17) is 25.4 Å². The van der Waals surface area contributed by atoms with Gasteiger partial charge in [0.25, 0.3) is 0 Å². The van der Waals surface area contributed by atoms with Gasteiger partial charge in [-0.3, -0.25) is 9.59 Å². The molecule has 3 unspecified atom stereocenters. The molecule has 10 nitrogen and oxygen atoms in total. The lowest BCUT2D eigenvalue weighted by molar-refractivity contribution is -0.281. The molecule has 1 fully saturated rings.